The molecular weight excluding hydrogens is 406 g/mol. The molecular formula is C24H27N5O3. The number of methoxy groups -OCH3 is 1. The number of ether oxygens (including phenoxy) is 1. The molecule has 8 nitrogen and oxygen atoms in total. The molecule has 166 valence electrons. The summed E-state index contributed by atoms with van der Waals surface area (Å²) in [4.78, 5) is 26.7. The van der Waals surface area contributed by atoms with E-state index in [1.54, 1.807) is 29.2 Å². The van der Waals surface area contributed by atoms with Gasteiger partial charge in [-0.2, -0.15) is 5.10 Å². The van der Waals surface area contributed by atoms with Crippen molar-refractivity contribution in [2.75, 3.05) is 37.5 Å². The topological polar surface area (TPSA) is 88.5 Å². The Balaban J connectivity index is 1.41. The van der Waals surface area contributed by atoms with Crippen LogP contribution in [0.2, 0.25) is 0 Å². The molecule has 2 heterocycles. The van der Waals surface area contributed by atoms with E-state index >= 15 is 0 Å². The zero-order valence-electron chi connectivity index (χ0n) is 18.3. The van der Waals surface area contributed by atoms with Crippen LogP contribution in [0.25, 0.3) is 5.69 Å². The standard InChI is InChI=1S/C24H27N5O3/c1-28-10-4-6-18-11-17(8-9-22(18)28)13-25-24(31)19-5-3-7-21(12-19)29-15-20(14-26-29)27-23(30)16-32-2/h3,5,7-9,11-12,14-15H,4,6,10,13,16H2,1-2H3,(H,25,31)(H,27,30). The number of aromatic nitrogens is 2. The van der Waals surface area contributed by atoms with Crippen LogP contribution < -0.4 is 15.5 Å². The lowest BCUT2D eigenvalue weighted by Gasteiger charge is -2.27. The maximum absolute atomic E-state index is 12.7. The minimum absolute atomic E-state index is 0.0260. The van der Waals surface area contributed by atoms with Crippen LogP contribution in [0.5, 0.6) is 0 Å². The smallest absolute Gasteiger partial charge is 0.251 e. The van der Waals surface area contributed by atoms with Gasteiger partial charge in [-0.15, -0.1) is 0 Å². The Bertz CT molecular complexity index is 1120. The Morgan fingerprint density at radius 2 is 2.06 bits per heavy atom. The number of carbonyl (C=O) groups excluding carboxylic acids is 2. The number of nitrogens with one attached hydrogen (secondary N) is 2. The van der Waals surface area contributed by atoms with Crippen molar-refractivity contribution in [1.82, 2.24) is 15.1 Å². The van der Waals surface area contributed by atoms with Crippen LogP contribution in [0.15, 0.2) is 54.9 Å². The molecule has 32 heavy (non-hydrogen) atoms. The molecule has 0 atom stereocenters. The normalized spacial score (nSPS) is 12.9. The summed E-state index contributed by atoms with van der Waals surface area (Å²) >= 11 is 0. The molecule has 2 amide bonds. The molecule has 1 aliphatic heterocycles. The van der Waals surface area contributed by atoms with E-state index in [-0.39, 0.29) is 18.4 Å². The summed E-state index contributed by atoms with van der Waals surface area (Å²) in [5.74, 6) is -0.406. The first-order chi connectivity index (χ1) is 15.5. The summed E-state index contributed by atoms with van der Waals surface area (Å²) in [6, 6.07) is 13.6. The van der Waals surface area contributed by atoms with Gasteiger partial charge in [-0.1, -0.05) is 18.2 Å². The quantitative estimate of drug-likeness (QED) is 0.598. The van der Waals surface area contributed by atoms with Crippen LogP contribution in [-0.4, -0.2) is 48.9 Å². The average Bonchev–Trinajstić information content (AvgIpc) is 3.26. The molecule has 0 saturated heterocycles. The third kappa shape index (κ3) is 4.97. The highest BCUT2D eigenvalue weighted by Gasteiger charge is 2.14. The lowest BCUT2D eigenvalue weighted by molar-refractivity contribution is -0.119. The summed E-state index contributed by atoms with van der Waals surface area (Å²) in [6.07, 6.45) is 5.46. The number of anilines is 2. The summed E-state index contributed by atoms with van der Waals surface area (Å²) in [7, 11) is 3.58. The van der Waals surface area contributed by atoms with Crippen molar-refractivity contribution in [3.63, 3.8) is 0 Å². The molecule has 0 radical (unpaired) electrons. The van der Waals surface area contributed by atoms with Crippen molar-refractivity contribution in [3.05, 3.63) is 71.5 Å². The largest absolute Gasteiger partial charge is 0.375 e. The van der Waals surface area contributed by atoms with Gasteiger partial charge in [0.15, 0.2) is 0 Å². The Kier molecular flexibility index (Phi) is 6.51. The predicted molar refractivity (Wildman–Crippen MR) is 123 cm³/mol. The molecule has 0 spiro atoms. The second kappa shape index (κ2) is 9.65. The minimum atomic E-state index is -0.256. The molecule has 4 rings (SSSR count). The van der Waals surface area contributed by atoms with Crippen molar-refractivity contribution >= 4 is 23.2 Å². The third-order valence-electron chi connectivity index (χ3n) is 5.46. The van der Waals surface area contributed by atoms with Gasteiger partial charge < -0.3 is 20.3 Å². The lowest BCUT2D eigenvalue weighted by Crippen LogP contribution is -2.25. The fraction of sp³-hybridized carbons (Fsp3) is 0.292. The molecule has 2 aromatic carbocycles. The predicted octanol–water partition coefficient (Wildman–Crippen LogP) is 2.77. The summed E-state index contributed by atoms with van der Waals surface area (Å²) in [5, 5.41) is 9.97. The van der Waals surface area contributed by atoms with Crippen LogP contribution in [0, 0.1) is 0 Å². The number of carbonyl (C=O) groups is 2. The van der Waals surface area contributed by atoms with Crippen molar-refractivity contribution in [1.29, 1.82) is 0 Å². The number of benzene rings is 2. The fourth-order valence-corrected chi connectivity index (χ4v) is 3.88. The van der Waals surface area contributed by atoms with Gasteiger partial charge in [-0.3, -0.25) is 9.59 Å². The van der Waals surface area contributed by atoms with Crippen molar-refractivity contribution in [2.45, 2.75) is 19.4 Å². The van der Waals surface area contributed by atoms with E-state index in [9.17, 15) is 9.59 Å². The number of hydrogen-bond acceptors (Lipinski definition) is 5. The molecule has 3 aromatic rings. The highest BCUT2D eigenvalue weighted by Crippen LogP contribution is 2.26. The third-order valence-corrected chi connectivity index (χ3v) is 5.46. The van der Waals surface area contributed by atoms with E-state index in [4.69, 9.17) is 4.74 Å². The molecule has 0 aliphatic carbocycles. The van der Waals surface area contributed by atoms with Gasteiger partial charge in [0.25, 0.3) is 5.91 Å². The van der Waals surface area contributed by atoms with Crippen molar-refractivity contribution in [3.8, 4) is 5.69 Å². The van der Waals surface area contributed by atoms with Gasteiger partial charge in [-0.25, -0.2) is 4.68 Å². The van der Waals surface area contributed by atoms with Crippen molar-refractivity contribution in [2.24, 2.45) is 0 Å². The number of aryl methyl sites for hydroxylation is 1. The van der Waals surface area contributed by atoms with E-state index in [0.29, 0.717) is 17.8 Å². The van der Waals surface area contributed by atoms with Gasteiger partial charge in [0.05, 0.1) is 23.8 Å². The van der Waals surface area contributed by atoms with E-state index in [2.05, 4.69) is 45.9 Å². The number of fused-ring (bicyclic) bond motifs is 1. The first-order valence-electron chi connectivity index (χ1n) is 10.6. The zero-order chi connectivity index (χ0) is 22.5. The number of amides is 2. The Hall–Kier alpha value is -3.65. The average molecular weight is 434 g/mol. The van der Waals surface area contributed by atoms with Gasteiger partial charge in [0.1, 0.15) is 6.61 Å². The van der Waals surface area contributed by atoms with E-state index < -0.39 is 0 Å². The van der Waals surface area contributed by atoms with Crippen LogP contribution in [0.4, 0.5) is 11.4 Å². The molecule has 0 saturated carbocycles. The highest BCUT2D eigenvalue weighted by atomic mass is 16.5. The molecule has 1 aliphatic rings. The van der Waals surface area contributed by atoms with Crippen LogP contribution in [-0.2, 0) is 22.5 Å². The summed E-state index contributed by atoms with van der Waals surface area (Å²) in [6.45, 7) is 1.52. The number of rotatable bonds is 7. The SMILES string of the molecule is COCC(=O)Nc1cnn(-c2cccc(C(=O)NCc3ccc4c(c3)CCCN4C)c2)c1. The Morgan fingerprint density at radius 3 is 2.91 bits per heavy atom. The van der Waals surface area contributed by atoms with Crippen molar-refractivity contribution < 1.29 is 14.3 Å². The molecule has 2 N–H and O–H groups in total. The minimum Gasteiger partial charge on any atom is -0.375 e. The van der Waals surface area contributed by atoms with Crippen LogP contribution in [0.3, 0.4) is 0 Å². The zero-order valence-corrected chi connectivity index (χ0v) is 18.3. The second-order valence-corrected chi connectivity index (χ2v) is 7.88. The maximum Gasteiger partial charge on any atom is 0.251 e. The Morgan fingerprint density at radius 1 is 1.19 bits per heavy atom. The first kappa shape index (κ1) is 21.6. The lowest BCUT2D eigenvalue weighted by atomic mass is 9.99. The summed E-state index contributed by atoms with van der Waals surface area (Å²) < 4.78 is 6.42. The molecule has 0 bridgehead atoms. The van der Waals surface area contributed by atoms with Gasteiger partial charge in [0, 0.05) is 38.5 Å². The molecule has 8 heteroatoms. The van der Waals surface area contributed by atoms with Crippen LogP contribution >= 0.6 is 0 Å². The maximum atomic E-state index is 12.7. The molecule has 0 fully saturated rings. The van der Waals surface area contributed by atoms with E-state index in [1.165, 1.54) is 18.4 Å². The van der Waals surface area contributed by atoms with Crippen LogP contribution in [0.1, 0.15) is 27.9 Å². The molecule has 0 unspecified atom stereocenters. The highest BCUT2D eigenvalue weighted by molar-refractivity contribution is 5.94. The Labute approximate surface area is 187 Å². The summed E-state index contributed by atoms with van der Waals surface area (Å²) in [5.41, 5.74) is 5.52. The van der Waals surface area contributed by atoms with Gasteiger partial charge in [0.2, 0.25) is 5.91 Å². The van der Waals surface area contributed by atoms with E-state index in [0.717, 1.165) is 30.6 Å². The van der Waals surface area contributed by atoms with E-state index in [1.807, 2.05) is 12.1 Å². The second-order valence-electron chi connectivity index (χ2n) is 7.88. The fourth-order valence-electron chi connectivity index (χ4n) is 3.88. The number of nitrogens with zero attached hydrogens (tertiary/aromatic N) is 3. The van der Waals surface area contributed by atoms with Gasteiger partial charge >= 0.3 is 0 Å². The monoisotopic (exact) mass is 433 g/mol. The first-order valence-corrected chi connectivity index (χ1v) is 10.6. The number of hydrogen-bond donors (Lipinski definition) is 2. The molecule has 1 aromatic heterocycles. The van der Waals surface area contributed by atoms with Gasteiger partial charge in [-0.05, 0) is 48.2 Å².